The molecule has 0 radical (unpaired) electrons. The molecule has 0 spiro atoms. The molecule has 1 unspecified atom stereocenters. The van der Waals surface area contributed by atoms with Crippen LogP contribution < -0.4 is 10.1 Å². The van der Waals surface area contributed by atoms with Crippen molar-refractivity contribution >= 4 is 17.9 Å². The third-order valence-corrected chi connectivity index (χ3v) is 2.44. The lowest BCUT2D eigenvalue weighted by Crippen LogP contribution is -2.40. The zero-order valence-corrected chi connectivity index (χ0v) is 11.5. The van der Waals surface area contributed by atoms with Crippen LogP contribution in [0, 0.1) is 10.1 Å². The van der Waals surface area contributed by atoms with E-state index in [9.17, 15) is 19.7 Å². The largest absolute Gasteiger partial charge is 0.480 e. The van der Waals surface area contributed by atoms with Crippen LogP contribution >= 0.6 is 0 Å². The van der Waals surface area contributed by atoms with Crippen LogP contribution in [-0.2, 0) is 4.79 Å². The van der Waals surface area contributed by atoms with Gasteiger partial charge in [0.2, 0.25) is 0 Å². The van der Waals surface area contributed by atoms with Crippen LogP contribution in [-0.4, -0.2) is 29.3 Å². The highest BCUT2D eigenvalue weighted by Gasteiger charge is 2.18. The lowest BCUT2D eigenvalue weighted by Gasteiger charge is -2.17. The predicted molar refractivity (Wildman–Crippen MR) is 71.9 cm³/mol. The van der Waals surface area contributed by atoms with E-state index in [-0.39, 0.29) is 28.9 Å². The van der Waals surface area contributed by atoms with Crippen molar-refractivity contribution < 1.29 is 19.2 Å². The SMILES string of the molecule is CC(C)NC(=O)C(C)Oc1ccc([N+](=O)[O-])cc1C=O. The molecule has 0 saturated heterocycles. The smallest absolute Gasteiger partial charge is 0.270 e. The Morgan fingerprint density at radius 3 is 2.55 bits per heavy atom. The Kier molecular flexibility index (Phi) is 5.19. The van der Waals surface area contributed by atoms with Gasteiger partial charge in [0.1, 0.15) is 5.75 Å². The van der Waals surface area contributed by atoms with Gasteiger partial charge in [0.05, 0.1) is 10.5 Å². The van der Waals surface area contributed by atoms with Crippen LogP contribution in [0.3, 0.4) is 0 Å². The molecule has 1 amide bonds. The molecule has 108 valence electrons. The molecule has 0 bridgehead atoms. The van der Waals surface area contributed by atoms with Crippen LogP contribution in [0.2, 0.25) is 0 Å². The summed E-state index contributed by atoms with van der Waals surface area (Å²) >= 11 is 0. The van der Waals surface area contributed by atoms with E-state index < -0.39 is 11.0 Å². The zero-order valence-electron chi connectivity index (χ0n) is 11.5. The van der Waals surface area contributed by atoms with Crippen molar-refractivity contribution in [1.29, 1.82) is 0 Å². The van der Waals surface area contributed by atoms with Crippen LogP contribution in [0.4, 0.5) is 5.69 Å². The number of nitrogens with zero attached hydrogens (tertiary/aromatic N) is 1. The molecule has 0 aliphatic rings. The van der Waals surface area contributed by atoms with Crippen molar-refractivity contribution in [2.75, 3.05) is 0 Å². The number of amides is 1. The Morgan fingerprint density at radius 1 is 1.40 bits per heavy atom. The monoisotopic (exact) mass is 280 g/mol. The van der Waals surface area contributed by atoms with Crippen molar-refractivity contribution in [3.63, 3.8) is 0 Å². The van der Waals surface area contributed by atoms with Crippen LogP contribution in [0.1, 0.15) is 31.1 Å². The number of aldehydes is 1. The average Bonchev–Trinajstić information content (AvgIpc) is 2.37. The number of nitro groups is 1. The first-order valence-electron chi connectivity index (χ1n) is 6.05. The Morgan fingerprint density at radius 2 is 2.05 bits per heavy atom. The minimum atomic E-state index is -0.808. The first-order chi connectivity index (χ1) is 9.35. The molecule has 0 fully saturated rings. The second kappa shape index (κ2) is 6.65. The molecule has 0 aliphatic heterocycles. The average molecular weight is 280 g/mol. The third kappa shape index (κ3) is 4.04. The maximum Gasteiger partial charge on any atom is 0.270 e. The summed E-state index contributed by atoms with van der Waals surface area (Å²) < 4.78 is 5.37. The molecular weight excluding hydrogens is 264 g/mol. The summed E-state index contributed by atoms with van der Waals surface area (Å²) in [4.78, 5) is 32.6. The number of nitrogens with one attached hydrogen (secondary N) is 1. The quantitative estimate of drug-likeness (QED) is 0.485. The Balaban J connectivity index is 2.89. The summed E-state index contributed by atoms with van der Waals surface area (Å²) in [5.74, 6) is -0.188. The molecule has 1 N–H and O–H groups in total. The Hall–Kier alpha value is -2.44. The molecule has 20 heavy (non-hydrogen) atoms. The molecule has 0 heterocycles. The fraction of sp³-hybridized carbons (Fsp3) is 0.385. The van der Waals surface area contributed by atoms with Crippen molar-refractivity contribution in [2.45, 2.75) is 32.9 Å². The van der Waals surface area contributed by atoms with Gasteiger partial charge in [0, 0.05) is 18.2 Å². The van der Waals surface area contributed by atoms with Gasteiger partial charge in [-0.25, -0.2) is 0 Å². The van der Waals surface area contributed by atoms with Gasteiger partial charge in [-0.3, -0.25) is 19.7 Å². The van der Waals surface area contributed by atoms with E-state index in [0.29, 0.717) is 6.29 Å². The van der Waals surface area contributed by atoms with Crippen molar-refractivity contribution in [3.05, 3.63) is 33.9 Å². The molecule has 0 aliphatic carbocycles. The molecule has 0 aromatic heterocycles. The Bertz CT molecular complexity index is 527. The van der Waals surface area contributed by atoms with Gasteiger partial charge in [0.15, 0.2) is 12.4 Å². The fourth-order valence-electron chi connectivity index (χ4n) is 1.49. The number of ether oxygens (including phenoxy) is 1. The van der Waals surface area contributed by atoms with Gasteiger partial charge in [-0.1, -0.05) is 0 Å². The van der Waals surface area contributed by atoms with Gasteiger partial charge >= 0.3 is 0 Å². The predicted octanol–water partition coefficient (Wildman–Crippen LogP) is 1.70. The van der Waals surface area contributed by atoms with E-state index >= 15 is 0 Å². The summed E-state index contributed by atoms with van der Waals surface area (Å²) in [6.07, 6.45) is -0.354. The molecule has 1 aromatic rings. The highest BCUT2D eigenvalue weighted by atomic mass is 16.6. The molecule has 1 atom stereocenters. The lowest BCUT2D eigenvalue weighted by atomic mass is 10.2. The van der Waals surface area contributed by atoms with E-state index in [4.69, 9.17) is 4.74 Å². The van der Waals surface area contributed by atoms with Gasteiger partial charge < -0.3 is 10.1 Å². The Labute approximate surface area is 116 Å². The lowest BCUT2D eigenvalue weighted by molar-refractivity contribution is -0.384. The van der Waals surface area contributed by atoms with Gasteiger partial charge in [-0.2, -0.15) is 0 Å². The van der Waals surface area contributed by atoms with E-state index in [1.807, 2.05) is 13.8 Å². The van der Waals surface area contributed by atoms with Crippen molar-refractivity contribution in [2.24, 2.45) is 0 Å². The molecule has 0 saturated carbocycles. The van der Waals surface area contributed by atoms with Crippen LogP contribution in [0.5, 0.6) is 5.75 Å². The maximum absolute atomic E-state index is 11.7. The van der Waals surface area contributed by atoms with E-state index in [2.05, 4.69) is 5.32 Å². The summed E-state index contributed by atoms with van der Waals surface area (Å²) in [5.41, 5.74) is -0.179. The zero-order chi connectivity index (χ0) is 15.3. The number of carbonyl (C=O) groups excluding carboxylic acids is 2. The standard InChI is InChI=1S/C13H16N2O5/c1-8(2)14-13(17)9(3)20-12-5-4-11(15(18)19)6-10(12)7-16/h4-9H,1-3H3,(H,14,17). The maximum atomic E-state index is 11.7. The highest BCUT2D eigenvalue weighted by molar-refractivity contribution is 5.83. The summed E-state index contributed by atoms with van der Waals surface area (Å²) in [5, 5.41) is 13.3. The minimum Gasteiger partial charge on any atom is -0.480 e. The first-order valence-corrected chi connectivity index (χ1v) is 6.05. The first kappa shape index (κ1) is 15.6. The fourth-order valence-corrected chi connectivity index (χ4v) is 1.49. The van der Waals surface area contributed by atoms with E-state index in [1.54, 1.807) is 0 Å². The number of hydrogen-bond donors (Lipinski definition) is 1. The summed E-state index contributed by atoms with van der Waals surface area (Å²) in [6.45, 7) is 5.16. The molecule has 1 rings (SSSR count). The molecule has 7 nitrogen and oxygen atoms in total. The van der Waals surface area contributed by atoms with E-state index in [0.717, 1.165) is 6.07 Å². The minimum absolute atomic E-state index is 0.0309. The third-order valence-electron chi connectivity index (χ3n) is 2.44. The van der Waals surface area contributed by atoms with Gasteiger partial charge in [0.25, 0.3) is 11.6 Å². The highest BCUT2D eigenvalue weighted by Crippen LogP contribution is 2.23. The van der Waals surface area contributed by atoms with Gasteiger partial charge in [-0.15, -0.1) is 0 Å². The summed E-state index contributed by atoms with van der Waals surface area (Å²) in [7, 11) is 0. The van der Waals surface area contributed by atoms with E-state index in [1.165, 1.54) is 19.1 Å². The topological polar surface area (TPSA) is 98.5 Å². The molecule has 1 aromatic carbocycles. The number of hydrogen-bond acceptors (Lipinski definition) is 5. The van der Waals surface area contributed by atoms with Crippen molar-refractivity contribution in [3.8, 4) is 5.75 Å². The number of rotatable bonds is 6. The second-order valence-corrected chi connectivity index (χ2v) is 4.52. The molecule has 7 heteroatoms. The number of nitro benzene ring substituents is 1. The molecular formula is C13H16N2O5. The number of carbonyl (C=O) groups is 2. The number of benzene rings is 1. The van der Waals surface area contributed by atoms with Crippen molar-refractivity contribution in [1.82, 2.24) is 5.32 Å². The normalized spacial score (nSPS) is 11.8. The number of non-ortho nitro benzene ring substituents is 1. The van der Waals surface area contributed by atoms with Crippen LogP contribution in [0.15, 0.2) is 18.2 Å². The van der Waals surface area contributed by atoms with Gasteiger partial charge in [-0.05, 0) is 26.8 Å². The second-order valence-electron chi connectivity index (χ2n) is 4.52. The summed E-state index contributed by atoms with van der Waals surface area (Å²) in [6, 6.07) is 3.60. The van der Waals surface area contributed by atoms with Crippen LogP contribution in [0.25, 0.3) is 0 Å².